The molecular weight excluding hydrogens is 776 g/mol. The summed E-state index contributed by atoms with van der Waals surface area (Å²) in [6.45, 7) is 16.7. The molecule has 4 aliphatic rings. The van der Waals surface area contributed by atoms with E-state index in [1.165, 1.54) is 12.1 Å². The Morgan fingerprint density at radius 1 is 0.983 bits per heavy atom. The van der Waals surface area contributed by atoms with Crippen molar-refractivity contribution in [1.82, 2.24) is 24.7 Å². The SMILES string of the molecule is C=CC(=O)N1CCN(c2nc(OCCN3CCC4(CC3)CCN(Cc3cc(C(C)C)c(O)cc3O)CC4)nc3c2CCN(c2cccc4cccc(Cl)c24)C3)C[C@@H]1CC#N. The van der Waals surface area contributed by atoms with Gasteiger partial charge in [0.05, 0.1) is 35.8 Å². The maximum absolute atomic E-state index is 12.7. The van der Waals surface area contributed by atoms with E-state index in [0.717, 1.165) is 121 Å². The number of phenolic OH excluding ortho intramolecular Hbond substituents is 2. The van der Waals surface area contributed by atoms with Gasteiger partial charge in [0.1, 0.15) is 23.9 Å². The number of phenols is 2. The van der Waals surface area contributed by atoms with Gasteiger partial charge in [-0.1, -0.05) is 56.3 Å². The van der Waals surface area contributed by atoms with Crippen LogP contribution in [0.5, 0.6) is 17.5 Å². The molecule has 0 bridgehead atoms. The fourth-order valence-corrected chi connectivity index (χ4v) is 10.1. The molecule has 0 aliphatic carbocycles. The number of piperidine rings is 2. The average Bonchev–Trinajstić information content (AvgIpc) is 3.25. The Morgan fingerprint density at radius 3 is 2.43 bits per heavy atom. The highest BCUT2D eigenvalue weighted by molar-refractivity contribution is 6.36. The van der Waals surface area contributed by atoms with Crippen molar-refractivity contribution < 1.29 is 19.7 Å². The number of anilines is 2. The number of halogens is 1. The van der Waals surface area contributed by atoms with Gasteiger partial charge in [-0.3, -0.25) is 14.6 Å². The summed E-state index contributed by atoms with van der Waals surface area (Å²) in [6, 6.07) is 18.1. The lowest BCUT2D eigenvalue weighted by Crippen LogP contribution is -2.55. The first-order valence-electron chi connectivity index (χ1n) is 21.5. The van der Waals surface area contributed by atoms with E-state index in [9.17, 15) is 20.3 Å². The van der Waals surface area contributed by atoms with Crippen LogP contribution < -0.4 is 14.5 Å². The molecule has 2 N–H and O–H groups in total. The highest BCUT2D eigenvalue weighted by Crippen LogP contribution is 2.43. The number of piperazine rings is 1. The van der Waals surface area contributed by atoms with E-state index >= 15 is 0 Å². The van der Waals surface area contributed by atoms with Crippen molar-refractivity contribution in [3.8, 4) is 23.6 Å². The number of carbonyl (C=O) groups excluding carboxylic acids is 1. The lowest BCUT2D eigenvalue weighted by atomic mass is 9.71. The molecule has 316 valence electrons. The third kappa shape index (κ3) is 8.71. The quantitative estimate of drug-likeness (QED) is 0.148. The minimum atomic E-state index is -0.276. The molecule has 5 heterocycles. The Balaban J connectivity index is 0.929. The summed E-state index contributed by atoms with van der Waals surface area (Å²) in [6.07, 6.45) is 6.88. The number of carbonyl (C=O) groups is 1. The highest BCUT2D eigenvalue weighted by atomic mass is 35.5. The molecule has 4 aliphatic heterocycles. The number of rotatable bonds is 11. The number of aromatic hydroxyl groups is 2. The molecule has 0 saturated carbocycles. The zero-order valence-electron chi connectivity index (χ0n) is 35.0. The van der Waals surface area contributed by atoms with Crippen molar-refractivity contribution >= 4 is 39.8 Å². The number of fused-ring (bicyclic) bond motifs is 2. The van der Waals surface area contributed by atoms with E-state index in [1.54, 1.807) is 4.90 Å². The first-order valence-corrected chi connectivity index (χ1v) is 21.9. The largest absolute Gasteiger partial charge is 0.508 e. The topological polar surface area (TPSA) is 133 Å². The van der Waals surface area contributed by atoms with Crippen molar-refractivity contribution in [1.29, 1.82) is 5.26 Å². The first-order chi connectivity index (χ1) is 29.0. The molecular formula is C47H57ClN8O4. The number of aromatic nitrogens is 2. The van der Waals surface area contributed by atoms with Crippen LogP contribution in [0.1, 0.15) is 74.3 Å². The number of likely N-dealkylation sites (tertiary alicyclic amines) is 2. The Hall–Kier alpha value is -5.09. The van der Waals surface area contributed by atoms with E-state index in [1.807, 2.05) is 18.2 Å². The van der Waals surface area contributed by atoms with Gasteiger partial charge in [-0.15, -0.1) is 0 Å². The molecule has 1 aromatic heterocycles. The predicted octanol–water partition coefficient (Wildman–Crippen LogP) is 7.25. The number of hydrogen-bond acceptors (Lipinski definition) is 11. The smallest absolute Gasteiger partial charge is 0.318 e. The zero-order chi connectivity index (χ0) is 42.0. The number of ether oxygens (including phenoxy) is 1. The Bertz CT molecular complexity index is 2250. The van der Waals surface area contributed by atoms with Crippen molar-refractivity contribution in [3.63, 3.8) is 0 Å². The van der Waals surface area contributed by atoms with E-state index < -0.39 is 0 Å². The van der Waals surface area contributed by atoms with Gasteiger partial charge in [0.25, 0.3) is 0 Å². The van der Waals surface area contributed by atoms with Crippen LogP contribution in [-0.2, 0) is 24.3 Å². The van der Waals surface area contributed by atoms with Gasteiger partial charge in [-0.2, -0.15) is 15.2 Å². The van der Waals surface area contributed by atoms with Crippen LogP contribution in [0.4, 0.5) is 11.5 Å². The molecule has 13 heteroatoms. The van der Waals surface area contributed by atoms with E-state index in [2.05, 4.69) is 70.4 Å². The molecule has 3 saturated heterocycles. The molecule has 1 atom stereocenters. The van der Waals surface area contributed by atoms with Gasteiger partial charge in [-0.25, -0.2) is 0 Å². The summed E-state index contributed by atoms with van der Waals surface area (Å²) < 4.78 is 6.43. The molecule has 4 aromatic rings. The van der Waals surface area contributed by atoms with Crippen LogP contribution in [-0.4, -0.2) is 112 Å². The van der Waals surface area contributed by atoms with Gasteiger partial charge in [0.15, 0.2) is 0 Å². The predicted molar refractivity (Wildman–Crippen MR) is 236 cm³/mol. The number of benzene rings is 3. The highest BCUT2D eigenvalue weighted by Gasteiger charge is 2.38. The summed E-state index contributed by atoms with van der Waals surface area (Å²) >= 11 is 6.78. The molecule has 0 unspecified atom stereocenters. The average molecular weight is 833 g/mol. The second kappa shape index (κ2) is 17.9. The molecule has 1 spiro atoms. The second-order valence-electron chi connectivity index (χ2n) is 17.4. The molecule has 1 amide bonds. The summed E-state index contributed by atoms with van der Waals surface area (Å²) in [7, 11) is 0. The molecule has 8 rings (SSSR count). The van der Waals surface area contributed by atoms with E-state index in [0.29, 0.717) is 50.8 Å². The van der Waals surface area contributed by atoms with Gasteiger partial charge >= 0.3 is 6.01 Å². The van der Waals surface area contributed by atoms with Crippen molar-refractivity contribution in [3.05, 3.63) is 88.6 Å². The fourth-order valence-electron chi connectivity index (χ4n) is 9.87. The Labute approximate surface area is 358 Å². The second-order valence-corrected chi connectivity index (χ2v) is 17.8. The van der Waals surface area contributed by atoms with Crippen LogP contribution in [0.15, 0.2) is 61.2 Å². The van der Waals surface area contributed by atoms with Gasteiger partial charge in [0, 0.05) is 67.5 Å². The van der Waals surface area contributed by atoms with Gasteiger partial charge in [-0.05, 0) is 105 Å². The van der Waals surface area contributed by atoms with Crippen molar-refractivity contribution in [2.75, 3.05) is 75.3 Å². The minimum Gasteiger partial charge on any atom is -0.508 e. The molecule has 0 radical (unpaired) electrons. The van der Waals surface area contributed by atoms with Gasteiger partial charge < -0.3 is 29.6 Å². The van der Waals surface area contributed by atoms with Crippen LogP contribution >= 0.6 is 11.6 Å². The van der Waals surface area contributed by atoms with Crippen LogP contribution in [0.3, 0.4) is 0 Å². The standard InChI is InChI=1S/C47H57ClN8O4/c1-4-43(59)56-24-23-55(30-35(56)11-17-49)45-36-12-18-54(40-10-6-8-33-7-5-9-38(48)44(33)40)31-39(36)50-46(51-45)60-26-25-52-19-13-47(14-20-52)15-21-53(22-16-47)29-34-27-37(32(2)3)42(58)28-41(34)57/h4-10,27-28,32,35,57-58H,1,11-16,18-26,29-31H2,2-3H3/t35-/m0/s1. The third-order valence-electron chi connectivity index (χ3n) is 13.5. The normalized spacial score (nSPS) is 19.7. The lowest BCUT2D eigenvalue weighted by molar-refractivity contribution is -0.128. The number of hydrogen-bond donors (Lipinski definition) is 2. The number of nitriles is 1. The van der Waals surface area contributed by atoms with Crippen molar-refractivity contribution in [2.45, 2.75) is 77.4 Å². The van der Waals surface area contributed by atoms with Crippen LogP contribution in [0.2, 0.25) is 5.02 Å². The third-order valence-corrected chi connectivity index (χ3v) is 13.8. The molecule has 60 heavy (non-hydrogen) atoms. The summed E-state index contributed by atoms with van der Waals surface area (Å²) in [5.41, 5.74) is 5.17. The van der Waals surface area contributed by atoms with Crippen LogP contribution in [0.25, 0.3) is 10.8 Å². The van der Waals surface area contributed by atoms with Crippen LogP contribution in [0, 0.1) is 16.7 Å². The van der Waals surface area contributed by atoms with Crippen molar-refractivity contribution in [2.24, 2.45) is 5.41 Å². The molecule has 3 fully saturated rings. The zero-order valence-corrected chi connectivity index (χ0v) is 35.7. The molecule has 12 nitrogen and oxygen atoms in total. The Morgan fingerprint density at radius 2 is 1.72 bits per heavy atom. The summed E-state index contributed by atoms with van der Waals surface area (Å²) in [4.78, 5) is 34.1. The lowest BCUT2D eigenvalue weighted by Gasteiger charge is -2.47. The Kier molecular flexibility index (Phi) is 12.4. The van der Waals surface area contributed by atoms with E-state index in [4.69, 9.17) is 26.3 Å². The molecule has 3 aromatic carbocycles. The fraction of sp³-hybridized carbons (Fsp3) is 0.489. The van der Waals surface area contributed by atoms with E-state index in [-0.39, 0.29) is 35.8 Å². The first kappa shape index (κ1) is 41.6. The minimum absolute atomic E-state index is 0.158. The number of nitrogens with zero attached hydrogens (tertiary/aromatic N) is 8. The maximum Gasteiger partial charge on any atom is 0.318 e. The maximum atomic E-state index is 12.7. The monoisotopic (exact) mass is 832 g/mol. The van der Waals surface area contributed by atoms with Gasteiger partial charge in [0.2, 0.25) is 5.91 Å². The summed E-state index contributed by atoms with van der Waals surface area (Å²) in [5, 5.41) is 33.4. The number of amides is 1. The summed E-state index contributed by atoms with van der Waals surface area (Å²) in [5.74, 6) is 1.19.